The van der Waals surface area contributed by atoms with Gasteiger partial charge in [-0.05, 0) is 38.0 Å². The number of anilines is 1. The van der Waals surface area contributed by atoms with Crippen LogP contribution in [0.5, 0.6) is 0 Å². The molecule has 1 aliphatic heterocycles. The van der Waals surface area contributed by atoms with E-state index in [4.69, 9.17) is 4.74 Å². The average molecular weight is 376 g/mol. The fourth-order valence-corrected chi connectivity index (χ4v) is 4.75. The zero-order chi connectivity index (χ0) is 15.5. The summed E-state index contributed by atoms with van der Waals surface area (Å²) in [4.78, 5) is 12.3. The van der Waals surface area contributed by atoms with Gasteiger partial charge in [0.25, 0.3) is 0 Å². The highest BCUT2D eigenvalue weighted by molar-refractivity contribution is 9.10. The second-order valence-corrected chi connectivity index (χ2v) is 8.23. The van der Waals surface area contributed by atoms with Crippen LogP contribution in [0.15, 0.2) is 28.7 Å². The van der Waals surface area contributed by atoms with E-state index in [2.05, 4.69) is 21.2 Å². The quantitative estimate of drug-likeness (QED) is 0.817. The van der Waals surface area contributed by atoms with Crippen LogP contribution < -0.4 is 5.32 Å². The number of sulfone groups is 1. The molecule has 1 aliphatic rings. The van der Waals surface area contributed by atoms with Crippen LogP contribution in [-0.4, -0.2) is 38.0 Å². The molecule has 0 amide bonds. The standard InChI is InChI=1S/C14H18BrNO4S/c1-2-20-13(17)14(7-4-8-21(18,19)10-14)16-12-6-3-5-11(15)9-12/h3,5-6,9,16H,2,4,7-8,10H2,1H3. The normalized spacial score (nSPS) is 24.3. The summed E-state index contributed by atoms with van der Waals surface area (Å²) in [7, 11) is -3.26. The summed E-state index contributed by atoms with van der Waals surface area (Å²) in [5.74, 6) is -0.618. The minimum absolute atomic E-state index is 0.119. The Morgan fingerprint density at radius 2 is 2.24 bits per heavy atom. The van der Waals surface area contributed by atoms with Gasteiger partial charge in [-0.1, -0.05) is 22.0 Å². The van der Waals surface area contributed by atoms with Crippen molar-refractivity contribution in [1.82, 2.24) is 0 Å². The molecule has 2 rings (SSSR count). The number of rotatable bonds is 4. The number of halogens is 1. The van der Waals surface area contributed by atoms with E-state index in [9.17, 15) is 13.2 Å². The molecule has 1 unspecified atom stereocenters. The molecule has 1 aromatic rings. The van der Waals surface area contributed by atoms with Crippen molar-refractivity contribution in [1.29, 1.82) is 0 Å². The first kappa shape index (κ1) is 16.3. The minimum atomic E-state index is -3.26. The van der Waals surface area contributed by atoms with E-state index >= 15 is 0 Å². The van der Waals surface area contributed by atoms with Crippen LogP contribution in [0.2, 0.25) is 0 Å². The lowest BCUT2D eigenvalue weighted by Crippen LogP contribution is -2.55. The Morgan fingerprint density at radius 3 is 2.86 bits per heavy atom. The van der Waals surface area contributed by atoms with Gasteiger partial charge in [0, 0.05) is 10.2 Å². The largest absolute Gasteiger partial charge is 0.464 e. The van der Waals surface area contributed by atoms with Gasteiger partial charge < -0.3 is 10.1 Å². The molecule has 5 nitrogen and oxygen atoms in total. The predicted molar refractivity (Wildman–Crippen MR) is 85.0 cm³/mol. The molecule has 0 aromatic heterocycles. The number of ether oxygens (including phenoxy) is 1. The molecular formula is C14H18BrNO4S. The number of esters is 1. The summed E-state index contributed by atoms with van der Waals surface area (Å²) in [5.41, 5.74) is -0.511. The van der Waals surface area contributed by atoms with Crippen LogP contribution >= 0.6 is 15.9 Å². The average Bonchev–Trinajstić information content (AvgIpc) is 2.37. The van der Waals surface area contributed by atoms with Gasteiger partial charge >= 0.3 is 5.97 Å². The number of hydrogen-bond acceptors (Lipinski definition) is 5. The molecule has 0 aliphatic carbocycles. The van der Waals surface area contributed by atoms with Crippen molar-refractivity contribution in [2.75, 3.05) is 23.4 Å². The maximum Gasteiger partial charge on any atom is 0.332 e. The van der Waals surface area contributed by atoms with Crippen LogP contribution in [0.4, 0.5) is 5.69 Å². The fraction of sp³-hybridized carbons (Fsp3) is 0.500. The molecule has 0 saturated carbocycles. The van der Waals surface area contributed by atoms with Crippen molar-refractivity contribution in [2.24, 2.45) is 0 Å². The zero-order valence-corrected chi connectivity index (χ0v) is 14.2. The first-order valence-electron chi connectivity index (χ1n) is 6.78. The van der Waals surface area contributed by atoms with Gasteiger partial charge in [0.15, 0.2) is 9.84 Å². The molecular weight excluding hydrogens is 358 g/mol. The summed E-state index contributed by atoms with van der Waals surface area (Å²) in [6, 6.07) is 7.29. The van der Waals surface area contributed by atoms with Gasteiger partial charge in [0.2, 0.25) is 0 Å². The van der Waals surface area contributed by atoms with Gasteiger partial charge in [-0.25, -0.2) is 13.2 Å². The lowest BCUT2D eigenvalue weighted by atomic mass is 9.95. The van der Waals surface area contributed by atoms with Crippen molar-refractivity contribution in [3.8, 4) is 0 Å². The number of nitrogens with one attached hydrogen (secondary N) is 1. The molecule has 1 atom stereocenters. The van der Waals surface area contributed by atoms with Crippen molar-refractivity contribution >= 4 is 37.4 Å². The molecule has 1 fully saturated rings. The van der Waals surface area contributed by atoms with Crippen molar-refractivity contribution in [3.63, 3.8) is 0 Å². The van der Waals surface area contributed by atoms with Crippen molar-refractivity contribution < 1.29 is 17.9 Å². The van der Waals surface area contributed by atoms with E-state index in [-0.39, 0.29) is 18.1 Å². The highest BCUT2D eigenvalue weighted by Crippen LogP contribution is 2.29. The third-order valence-electron chi connectivity index (χ3n) is 3.40. The number of benzene rings is 1. The second-order valence-electron chi connectivity index (χ2n) is 5.13. The molecule has 21 heavy (non-hydrogen) atoms. The maximum atomic E-state index is 12.3. The summed E-state index contributed by atoms with van der Waals surface area (Å²) in [6.07, 6.45) is 0.889. The first-order valence-corrected chi connectivity index (χ1v) is 9.40. The molecule has 1 aromatic carbocycles. The Balaban J connectivity index is 2.34. The monoisotopic (exact) mass is 375 g/mol. The molecule has 0 radical (unpaired) electrons. The van der Waals surface area contributed by atoms with E-state index in [1.54, 1.807) is 13.0 Å². The van der Waals surface area contributed by atoms with Gasteiger partial charge in [0.05, 0.1) is 18.1 Å². The van der Waals surface area contributed by atoms with Crippen LogP contribution in [0.1, 0.15) is 19.8 Å². The molecule has 1 saturated heterocycles. The Hall–Kier alpha value is -1.08. The van der Waals surface area contributed by atoms with Crippen LogP contribution in [-0.2, 0) is 19.4 Å². The highest BCUT2D eigenvalue weighted by Gasteiger charge is 2.46. The molecule has 0 spiro atoms. The van der Waals surface area contributed by atoms with Crippen LogP contribution in [0.3, 0.4) is 0 Å². The van der Waals surface area contributed by atoms with E-state index < -0.39 is 21.3 Å². The molecule has 0 bridgehead atoms. The Labute approximate surface area is 133 Å². The van der Waals surface area contributed by atoms with Gasteiger partial charge in [-0.3, -0.25) is 0 Å². The third-order valence-corrected chi connectivity index (χ3v) is 5.74. The van der Waals surface area contributed by atoms with Crippen molar-refractivity contribution in [3.05, 3.63) is 28.7 Å². The van der Waals surface area contributed by atoms with Crippen molar-refractivity contribution in [2.45, 2.75) is 25.3 Å². The predicted octanol–water partition coefficient (Wildman–Crippen LogP) is 2.37. The zero-order valence-electron chi connectivity index (χ0n) is 11.8. The van der Waals surface area contributed by atoms with Crippen LogP contribution in [0, 0.1) is 0 Å². The highest BCUT2D eigenvalue weighted by atomic mass is 79.9. The van der Waals surface area contributed by atoms with E-state index in [1.165, 1.54) is 0 Å². The molecule has 116 valence electrons. The Morgan fingerprint density at radius 1 is 1.48 bits per heavy atom. The SMILES string of the molecule is CCOC(=O)C1(Nc2cccc(Br)c2)CCCS(=O)(=O)C1. The van der Waals surface area contributed by atoms with Gasteiger partial charge in [-0.2, -0.15) is 0 Å². The first-order chi connectivity index (χ1) is 9.87. The summed E-state index contributed by atoms with van der Waals surface area (Å²) >= 11 is 3.36. The molecule has 1 heterocycles. The summed E-state index contributed by atoms with van der Waals surface area (Å²) in [5, 5.41) is 3.09. The number of carbonyl (C=O) groups is 1. The van der Waals surface area contributed by atoms with Crippen LogP contribution in [0.25, 0.3) is 0 Å². The van der Waals surface area contributed by atoms with E-state index in [0.29, 0.717) is 18.5 Å². The van der Waals surface area contributed by atoms with Gasteiger partial charge in [-0.15, -0.1) is 0 Å². The maximum absolute atomic E-state index is 12.3. The van der Waals surface area contributed by atoms with E-state index in [1.807, 2.05) is 18.2 Å². The summed E-state index contributed by atoms with van der Waals surface area (Å²) in [6.45, 7) is 1.93. The van der Waals surface area contributed by atoms with Gasteiger partial charge in [0.1, 0.15) is 5.54 Å². The number of hydrogen-bond donors (Lipinski definition) is 1. The second kappa shape index (κ2) is 6.36. The lowest BCUT2D eigenvalue weighted by molar-refractivity contribution is -0.148. The smallest absolute Gasteiger partial charge is 0.332 e. The number of carbonyl (C=O) groups excluding carboxylic acids is 1. The lowest BCUT2D eigenvalue weighted by Gasteiger charge is -2.36. The Kier molecular flexibility index (Phi) is 4.93. The Bertz CT molecular complexity index is 632. The molecule has 1 N–H and O–H groups in total. The fourth-order valence-electron chi connectivity index (χ4n) is 2.54. The third kappa shape index (κ3) is 3.97. The van der Waals surface area contributed by atoms with E-state index in [0.717, 1.165) is 4.47 Å². The topological polar surface area (TPSA) is 72.5 Å². The summed E-state index contributed by atoms with van der Waals surface area (Å²) < 4.78 is 29.9. The minimum Gasteiger partial charge on any atom is -0.464 e. The molecule has 7 heteroatoms.